The number of rotatable bonds is 10. The van der Waals surface area contributed by atoms with Gasteiger partial charge in [-0.05, 0) is 91.6 Å². The summed E-state index contributed by atoms with van der Waals surface area (Å²) in [6, 6.07) is 22.4. The minimum atomic E-state index is -4.28. The zero-order chi connectivity index (χ0) is 33.0. The van der Waals surface area contributed by atoms with Crippen LogP contribution in [-0.4, -0.2) is 45.8 Å². The fourth-order valence-corrected chi connectivity index (χ4v) is 7.83. The molecule has 46 heavy (non-hydrogen) atoms. The van der Waals surface area contributed by atoms with Crippen molar-refractivity contribution in [1.82, 2.24) is 5.32 Å². The number of carbonyl (C=O) groups excluding carboxylic acids is 3. The molecule has 1 heterocycles. The molecular formula is C34H33ClN4O6S. The van der Waals surface area contributed by atoms with E-state index in [-0.39, 0.29) is 29.5 Å². The van der Waals surface area contributed by atoms with E-state index in [1.165, 1.54) is 7.11 Å². The lowest BCUT2D eigenvalue weighted by Gasteiger charge is -2.37. The minimum Gasteiger partial charge on any atom is -0.497 e. The van der Waals surface area contributed by atoms with Crippen LogP contribution >= 0.6 is 11.6 Å². The molecule has 1 atom stereocenters. The van der Waals surface area contributed by atoms with Gasteiger partial charge >= 0.3 is 0 Å². The van der Waals surface area contributed by atoms with Crippen LogP contribution in [-0.2, 0) is 26.0 Å². The van der Waals surface area contributed by atoms with Crippen molar-refractivity contribution in [2.45, 2.75) is 37.6 Å². The molecule has 1 aliphatic rings. The van der Waals surface area contributed by atoms with Crippen molar-refractivity contribution in [3.05, 3.63) is 112 Å². The van der Waals surface area contributed by atoms with Gasteiger partial charge in [-0.1, -0.05) is 41.9 Å². The molecule has 0 aromatic heterocycles. The summed E-state index contributed by atoms with van der Waals surface area (Å²) < 4.78 is 34.6. The smallest absolute Gasteiger partial charge is 0.265 e. The Balaban J connectivity index is 1.25. The number of sulfonamides is 1. The predicted octanol–water partition coefficient (Wildman–Crippen LogP) is 5.48. The van der Waals surface area contributed by atoms with Gasteiger partial charge in [0.05, 0.1) is 29.8 Å². The standard InChI is InChI=1S/C34H33ClN4O6S/c1-21-17-25(35)18-22(2)32(21)46(43,44)39-29-10-5-4-9-28(29)38-34(42)30(39)20-31(40)36-16-15-23-11-13-26(14-12-23)37-33(41)24-7-6-8-27(19-24)45-3/h4-14,17-19,30H,15-16,20H2,1-3H3,(H,36,40)(H,37,41)(H,38,42). The highest BCUT2D eigenvalue weighted by Crippen LogP contribution is 2.39. The maximum Gasteiger partial charge on any atom is 0.265 e. The number of amides is 3. The molecule has 3 amide bonds. The van der Waals surface area contributed by atoms with E-state index in [1.807, 2.05) is 12.1 Å². The Labute approximate surface area is 272 Å². The summed E-state index contributed by atoms with van der Waals surface area (Å²) in [7, 11) is -2.75. The number of benzene rings is 4. The molecule has 0 saturated heterocycles. The fourth-order valence-electron chi connectivity index (χ4n) is 5.45. The first-order valence-electron chi connectivity index (χ1n) is 14.5. The van der Waals surface area contributed by atoms with Crippen LogP contribution in [0.2, 0.25) is 5.02 Å². The lowest BCUT2D eigenvalue weighted by atomic mass is 10.1. The number of nitrogens with zero attached hydrogens (tertiary/aromatic N) is 1. The summed E-state index contributed by atoms with van der Waals surface area (Å²) in [5.41, 5.74) is 3.45. The third kappa shape index (κ3) is 7.00. The van der Waals surface area contributed by atoms with E-state index >= 15 is 0 Å². The Morgan fingerprint density at radius 1 is 0.957 bits per heavy atom. The van der Waals surface area contributed by atoms with Gasteiger partial charge in [0.15, 0.2) is 0 Å². The maximum atomic E-state index is 14.2. The number of carbonyl (C=O) groups is 3. The first-order valence-corrected chi connectivity index (χ1v) is 16.3. The topological polar surface area (TPSA) is 134 Å². The number of aryl methyl sites for hydroxylation is 2. The molecule has 0 fully saturated rings. The summed E-state index contributed by atoms with van der Waals surface area (Å²) in [5.74, 6) is -0.773. The van der Waals surface area contributed by atoms with E-state index in [9.17, 15) is 22.8 Å². The number of ether oxygens (including phenoxy) is 1. The largest absolute Gasteiger partial charge is 0.497 e. The van der Waals surface area contributed by atoms with Crippen molar-refractivity contribution in [2.75, 3.05) is 28.6 Å². The number of fused-ring (bicyclic) bond motifs is 1. The van der Waals surface area contributed by atoms with Gasteiger partial charge in [0.25, 0.3) is 15.9 Å². The van der Waals surface area contributed by atoms with Crippen molar-refractivity contribution >= 4 is 56.4 Å². The van der Waals surface area contributed by atoms with Crippen LogP contribution in [0.15, 0.2) is 89.8 Å². The molecular weight excluding hydrogens is 628 g/mol. The summed E-state index contributed by atoms with van der Waals surface area (Å²) in [5, 5.41) is 8.79. The van der Waals surface area contributed by atoms with Crippen molar-refractivity contribution in [2.24, 2.45) is 0 Å². The molecule has 0 bridgehead atoms. The van der Waals surface area contributed by atoms with E-state index in [0.29, 0.717) is 45.3 Å². The third-order valence-electron chi connectivity index (χ3n) is 7.59. The van der Waals surface area contributed by atoms with Crippen LogP contribution in [0, 0.1) is 13.8 Å². The van der Waals surface area contributed by atoms with Gasteiger partial charge in [0.2, 0.25) is 11.8 Å². The first-order chi connectivity index (χ1) is 22.0. The van der Waals surface area contributed by atoms with E-state index in [4.69, 9.17) is 16.3 Å². The van der Waals surface area contributed by atoms with Gasteiger partial charge in [-0.3, -0.25) is 18.7 Å². The highest BCUT2D eigenvalue weighted by Gasteiger charge is 2.43. The Morgan fingerprint density at radius 2 is 1.65 bits per heavy atom. The van der Waals surface area contributed by atoms with Gasteiger partial charge in [-0.25, -0.2) is 8.42 Å². The Hall–Kier alpha value is -4.87. The van der Waals surface area contributed by atoms with Crippen molar-refractivity contribution < 1.29 is 27.5 Å². The minimum absolute atomic E-state index is 0.0370. The molecule has 1 aliphatic heterocycles. The zero-order valence-electron chi connectivity index (χ0n) is 25.5. The lowest BCUT2D eigenvalue weighted by Crippen LogP contribution is -2.53. The molecule has 1 unspecified atom stereocenters. The molecule has 4 aromatic rings. The Bertz CT molecular complexity index is 1890. The molecule has 0 radical (unpaired) electrons. The molecule has 0 saturated carbocycles. The zero-order valence-corrected chi connectivity index (χ0v) is 27.0. The Kier molecular flexibility index (Phi) is 9.64. The second-order valence-electron chi connectivity index (χ2n) is 10.9. The van der Waals surface area contributed by atoms with Crippen molar-refractivity contribution in [3.8, 4) is 5.75 Å². The van der Waals surface area contributed by atoms with Gasteiger partial charge in [0.1, 0.15) is 11.8 Å². The van der Waals surface area contributed by atoms with E-state index in [0.717, 1.165) is 9.87 Å². The van der Waals surface area contributed by atoms with E-state index in [2.05, 4.69) is 16.0 Å². The van der Waals surface area contributed by atoms with Crippen LogP contribution in [0.3, 0.4) is 0 Å². The van der Waals surface area contributed by atoms with Crippen molar-refractivity contribution in [1.29, 1.82) is 0 Å². The molecule has 0 aliphatic carbocycles. The number of para-hydroxylation sites is 2. The number of methoxy groups -OCH3 is 1. The van der Waals surface area contributed by atoms with Gasteiger partial charge in [-0.15, -0.1) is 0 Å². The SMILES string of the molecule is COc1cccc(C(=O)Nc2ccc(CCNC(=O)CC3C(=O)Nc4ccccc4N3S(=O)(=O)c3c(C)cc(Cl)cc3C)cc2)c1. The number of hydrogen-bond donors (Lipinski definition) is 3. The molecule has 10 nitrogen and oxygen atoms in total. The quantitative estimate of drug-likeness (QED) is 0.206. The van der Waals surface area contributed by atoms with Crippen LogP contribution in [0.25, 0.3) is 0 Å². The molecule has 0 spiro atoms. The fraction of sp³-hybridized carbons (Fsp3) is 0.206. The second kappa shape index (κ2) is 13.6. The van der Waals surface area contributed by atoms with Gasteiger partial charge in [-0.2, -0.15) is 0 Å². The Morgan fingerprint density at radius 3 is 2.35 bits per heavy atom. The molecule has 238 valence electrons. The summed E-state index contributed by atoms with van der Waals surface area (Å²) in [6.07, 6.45) is 0.0844. The highest BCUT2D eigenvalue weighted by atomic mass is 35.5. The van der Waals surface area contributed by atoms with E-state index < -0.39 is 27.9 Å². The molecule has 3 N–H and O–H groups in total. The summed E-state index contributed by atoms with van der Waals surface area (Å²) >= 11 is 6.17. The molecule has 4 aromatic carbocycles. The lowest BCUT2D eigenvalue weighted by molar-refractivity contribution is -0.125. The number of nitrogens with one attached hydrogen (secondary N) is 3. The highest BCUT2D eigenvalue weighted by molar-refractivity contribution is 7.93. The number of hydrogen-bond acceptors (Lipinski definition) is 6. The average molecular weight is 661 g/mol. The van der Waals surface area contributed by atoms with Gasteiger partial charge < -0.3 is 20.7 Å². The van der Waals surface area contributed by atoms with Crippen LogP contribution in [0.1, 0.15) is 33.5 Å². The van der Waals surface area contributed by atoms with Crippen LogP contribution < -0.4 is 25.0 Å². The second-order valence-corrected chi connectivity index (χ2v) is 13.1. The summed E-state index contributed by atoms with van der Waals surface area (Å²) in [6.45, 7) is 3.54. The third-order valence-corrected chi connectivity index (χ3v) is 9.93. The number of anilines is 3. The monoisotopic (exact) mass is 660 g/mol. The molecule has 12 heteroatoms. The maximum absolute atomic E-state index is 14.2. The molecule has 5 rings (SSSR count). The predicted molar refractivity (Wildman–Crippen MR) is 178 cm³/mol. The number of halogens is 1. The van der Waals surface area contributed by atoms with Crippen LogP contribution in [0.4, 0.5) is 17.1 Å². The average Bonchev–Trinajstić information content (AvgIpc) is 3.01. The van der Waals surface area contributed by atoms with Gasteiger partial charge in [0, 0.05) is 22.8 Å². The summed E-state index contributed by atoms with van der Waals surface area (Å²) in [4.78, 5) is 39.0. The first kappa shape index (κ1) is 32.5. The van der Waals surface area contributed by atoms with Crippen molar-refractivity contribution in [3.63, 3.8) is 0 Å². The van der Waals surface area contributed by atoms with E-state index in [1.54, 1.807) is 86.6 Å². The normalized spacial score (nSPS) is 14.2. The van der Waals surface area contributed by atoms with Crippen LogP contribution in [0.5, 0.6) is 5.75 Å².